The van der Waals surface area contributed by atoms with E-state index in [1.165, 1.54) is 0 Å². The molecule has 0 amide bonds. The van der Waals surface area contributed by atoms with E-state index < -0.39 is 5.97 Å². The first-order chi connectivity index (χ1) is 9.56. The van der Waals surface area contributed by atoms with Gasteiger partial charge in [-0.05, 0) is 42.6 Å². The number of carboxylic acids is 1. The van der Waals surface area contributed by atoms with Crippen LogP contribution in [0.3, 0.4) is 0 Å². The van der Waals surface area contributed by atoms with Crippen LogP contribution in [0.4, 0.5) is 0 Å². The number of carbonyl (C=O) groups is 1. The van der Waals surface area contributed by atoms with Crippen LogP contribution in [-0.4, -0.2) is 48.7 Å². The molecular weight excluding hydrogens is 274 g/mol. The Bertz CT molecular complexity index is 474. The summed E-state index contributed by atoms with van der Waals surface area (Å²) in [5.41, 5.74) is 1.97. The molecule has 0 saturated heterocycles. The quantitative estimate of drug-likeness (QED) is 0.747. The van der Waals surface area contributed by atoms with Gasteiger partial charge < -0.3 is 14.7 Å². The molecule has 0 spiro atoms. The smallest absolute Gasteiger partial charge is 0.328 e. The van der Waals surface area contributed by atoms with Crippen LogP contribution in [0.2, 0.25) is 0 Å². The van der Waals surface area contributed by atoms with Crippen LogP contribution in [-0.2, 0) is 11.3 Å². The summed E-state index contributed by atoms with van der Waals surface area (Å²) in [6.07, 6.45) is 4.87. The molecule has 0 aromatic heterocycles. The van der Waals surface area contributed by atoms with Crippen molar-refractivity contribution in [3.05, 3.63) is 35.4 Å². The highest BCUT2D eigenvalue weighted by Gasteiger charge is 2.06. The van der Waals surface area contributed by atoms with E-state index in [0.29, 0.717) is 0 Å². The van der Waals surface area contributed by atoms with Gasteiger partial charge >= 0.3 is 5.97 Å². The van der Waals surface area contributed by atoms with Gasteiger partial charge in [0, 0.05) is 24.9 Å². The summed E-state index contributed by atoms with van der Waals surface area (Å²) < 4.78 is 5.24. The predicted octanol–water partition coefficient (Wildman–Crippen LogP) is 2.59. The average molecular weight is 295 g/mol. The van der Waals surface area contributed by atoms with E-state index in [1.807, 2.05) is 30.0 Å². The Labute approximate surface area is 124 Å². The van der Waals surface area contributed by atoms with E-state index in [2.05, 4.69) is 18.2 Å². The summed E-state index contributed by atoms with van der Waals surface area (Å²) in [7, 11) is 3.68. The molecule has 110 valence electrons. The second kappa shape index (κ2) is 8.66. The Hall–Kier alpha value is -1.46. The van der Waals surface area contributed by atoms with Gasteiger partial charge in [-0.2, -0.15) is 11.8 Å². The minimum absolute atomic E-state index is 0.761. The summed E-state index contributed by atoms with van der Waals surface area (Å²) >= 11 is 1.81. The minimum atomic E-state index is -0.942. The lowest BCUT2D eigenvalue weighted by molar-refractivity contribution is -0.131. The third-order valence-corrected chi connectivity index (χ3v) is 3.46. The van der Waals surface area contributed by atoms with E-state index >= 15 is 0 Å². The Morgan fingerprint density at radius 3 is 2.85 bits per heavy atom. The molecule has 1 aromatic carbocycles. The van der Waals surface area contributed by atoms with E-state index in [4.69, 9.17) is 9.84 Å². The maximum Gasteiger partial charge on any atom is 0.328 e. The molecule has 1 aromatic rings. The summed E-state index contributed by atoms with van der Waals surface area (Å²) in [6, 6.07) is 5.68. The zero-order valence-corrected chi connectivity index (χ0v) is 12.9. The van der Waals surface area contributed by atoms with Crippen LogP contribution >= 0.6 is 11.8 Å². The van der Waals surface area contributed by atoms with Gasteiger partial charge in [0.25, 0.3) is 0 Å². The molecule has 0 heterocycles. The van der Waals surface area contributed by atoms with Crippen molar-refractivity contribution >= 4 is 23.8 Å². The van der Waals surface area contributed by atoms with E-state index in [9.17, 15) is 4.79 Å². The predicted molar refractivity (Wildman–Crippen MR) is 84.4 cm³/mol. The second-order valence-corrected chi connectivity index (χ2v) is 5.45. The number of rotatable bonds is 8. The fourth-order valence-electron chi connectivity index (χ4n) is 1.79. The van der Waals surface area contributed by atoms with Crippen molar-refractivity contribution in [2.75, 3.05) is 32.7 Å². The lowest BCUT2D eigenvalue weighted by Crippen LogP contribution is -2.21. The number of methoxy groups -OCH3 is 1. The van der Waals surface area contributed by atoms with Crippen molar-refractivity contribution in [3.63, 3.8) is 0 Å². The maximum absolute atomic E-state index is 10.6. The average Bonchev–Trinajstić information content (AvgIpc) is 2.43. The van der Waals surface area contributed by atoms with Crippen LogP contribution in [0.15, 0.2) is 24.3 Å². The van der Waals surface area contributed by atoms with Crippen molar-refractivity contribution in [2.45, 2.75) is 6.54 Å². The molecule has 0 aliphatic heterocycles. The number of ether oxygens (including phenoxy) is 1. The van der Waals surface area contributed by atoms with Crippen molar-refractivity contribution in [1.29, 1.82) is 0 Å². The number of nitrogens with zero attached hydrogens (tertiary/aromatic N) is 1. The zero-order chi connectivity index (χ0) is 15.0. The van der Waals surface area contributed by atoms with E-state index in [1.54, 1.807) is 13.2 Å². The third kappa shape index (κ3) is 5.67. The highest BCUT2D eigenvalue weighted by molar-refractivity contribution is 7.98. The van der Waals surface area contributed by atoms with Gasteiger partial charge in [0.05, 0.1) is 7.11 Å². The number of hydrogen-bond donors (Lipinski definition) is 1. The van der Waals surface area contributed by atoms with Gasteiger partial charge in [-0.15, -0.1) is 0 Å². The molecule has 0 radical (unpaired) electrons. The summed E-state index contributed by atoms with van der Waals surface area (Å²) in [5, 5.41) is 8.74. The van der Waals surface area contributed by atoms with Crippen LogP contribution in [0.1, 0.15) is 11.1 Å². The number of benzene rings is 1. The molecule has 0 atom stereocenters. The first kappa shape index (κ1) is 16.6. The van der Waals surface area contributed by atoms with E-state index in [0.717, 1.165) is 41.8 Å². The molecule has 1 rings (SSSR count). The first-order valence-electron chi connectivity index (χ1n) is 6.32. The number of aliphatic carboxylic acids is 1. The molecule has 4 nitrogen and oxygen atoms in total. The Kier molecular flexibility index (Phi) is 7.18. The minimum Gasteiger partial charge on any atom is -0.497 e. The molecular formula is C15H21NO3S. The highest BCUT2D eigenvalue weighted by atomic mass is 32.2. The maximum atomic E-state index is 10.6. The van der Waals surface area contributed by atoms with Crippen molar-refractivity contribution in [3.8, 4) is 5.75 Å². The van der Waals surface area contributed by atoms with Crippen LogP contribution < -0.4 is 4.74 Å². The SMILES string of the molecule is COc1ccc(/C=C/C(=O)O)c(CN(C)CCSC)c1. The normalized spacial score (nSPS) is 11.2. The molecule has 1 N–H and O–H groups in total. The Morgan fingerprint density at radius 1 is 1.50 bits per heavy atom. The Morgan fingerprint density at radius 2 is 2.25 bits per heavy atom. The number of carboxylic acid groups (broad SMARTS) is 1. The first-order valence-corrected chi connectivity index (χ1v) is 7.71. The largest absolute Gasteiger partial charge is 0.497 e. The van der Waals surface area contributed by atoms with Crippen molar-refractivity contribution in [2.24, 2.45) is 0 Å². The monoisotopic (exact) mass is 295 g/mol. The molecule has 5 heteroatoms. The zero-order valence-electron chi connectivity index (χ0n) is 12.1. The summed E-state index contributed by atoms with van der Waals surface area (Å²) in [4.78, 5) is 12.9. The van der Waals surface area contributed by atoms with Gasteiger partial charge in [-0.25, -0.2) is 4.79 Å². The van der Waals surface area contributed by atoms with Crippen molar-refractivity contribution in [1.82, 2.24) is 4.90 Å². The van der Waals surface area contributed by atoms with Crippen LogP contribution in [0, 0.1) is 0 Å². The summed E-state index contributed by atoms with van der Waals surface area (Å²) in [5.74, 6) is 0.911. The third-order valence-electron chi connectivity index (χ3n) is 2.87. The van der Waals surface area contributed by atoms with Gasteiger partial charge in [-0.1, -0.05) is 6.07 Å². The van der Waals surface area contributed by atoms with Gasteiger partial charge in [0.1, 0.15) is 5.75 Å². The number of hydrogen-bond acceptors (Lipinski definition) is 4. The van der Waals surface area contributed by atoms with Gasteiger partial charge in [-0.3, -0.25) is 0 Å². The van der Waals surface area contributed by atoms with Crippen LogP contribution in [0.5, 0.6) is 5.75 Å². The topological polar surface area (TPSA) is 49.8 Å². The molecule has 0 unspecified atom stereocenters. The lowest BCUT2D eigenvalue weighted by atomic mass is 10.1. The fraction of sp³-hybridized carbons (Fsp3) is 0.400. The lowest BCUT2D eigenvalue weighted by Gasteiger charge is -2.18. The van der Waals surface area contributed by atoms with E-state index in [-0.39, 0.29) is 0 Å². The summed E-state index contributed by atoms with van der Waals surface area (Å²) in [6.45, 7) is 1.75. The van der Waals surface area contributed by atoms with Crippen LogP contribution in [0.25, 0.3) is 6.08 Å². The fourth-order valence-corrected chi connectivity index (χ4v) is 2.28. The van der Waals surface area contributed by atoms with Gasteiger partial charge in [0.2, 0.25) is 0 Å². The second-order valence-electron chi connectivity index (χ2n) is 4.47. The Balaban J connectivity index is 2.91. The molecule has 0 fully saturated rings. The van der Waals surface area contributed by atoms with Gasteiger partial charge in [0.15, 0.2) is 0 Å². The number of thioether (sulfide) groups is 1. The molecule has 0 saturated carbocycles. The van der Waals surface area contributed by atoms with Crippen molar-refractivity contribution < 1.29 is 14.6 Å². The molecule has 0 aliphatic carbocycles. The standard InChI is InChI=1S/C15H21NO3S/c1-16(8-9-20-3)11-13-10-14(19-2)6-4-12(13)5-7-15(17)18/h4-7,10H,8-9,11H2,1-3H3,(H,17,18)/b7-5+. The highest BCUT2D eigenvalue weighted by Crippen LogP contribution is 2.20. The molecule has 0 aliphatic rings. The molecule has 20 heavy (non-hydrogen) atoms. The molecule has 0 bridgehead atoms.